The highest BCUT2D eigenvalue weighted by atomic mass is 19.4. The van der Waals surface area contributed by atoms with Gasteiger partial charge in [-0.15, -0.1) is 0 Å². The van der Waals surface area contributed by atoms with Crippen LogP contribution in [0, 0.1) is 0 Å². The summed E-state index contributed by atoms with van der Waals surface area (Å²) in [4.78, 5) is 11.0. The van der Waals surface area contributed by atoms with Crippen molar-refractivity contribution in [3.05, 3.63) is 29.8 Å². The maximum absolute atomic E-state index is 13.3. The van der Waals surface area contributed by atoms with E-state index >= 15 is 0 Å². The summed E-state index contributed by atoms with van der Waals surface area (Å²) in [6.45, 7) is 11.9. The number of aromatic nitrogens is 3. The van der Waals surface area contributed by atoms with E-state index in [2.05, 4.69) is 28.3 Å². The molecule has 170 valence electrons. The first-order chi connectivity index (χ1) is 14.4. The first kappa shape index (κ1) is 22.1. The Kier molecular flexibility index (Phi) is 5.33. The van der Waals surface area contributed by atoms with Crippen molar-refractivity contribution in [2.75, 3.05) is 32.0 Å². The van der Waals surface area contributed by atoms with Crippen LogP contribution in [0.25, 0.3) is 11.3 Å². The van der Waals surface area contributed by atoms with E-state index in [-0.39, 0.29) is 17.0 Å². The minimum Gasteiger partial charge on any atom is -0.383 e. The molecule has 2 aliphatic rings. The summed E-state index contributed by atoms with van der Waals surface area (Å²) in [6.07, 6.45) is 0.576. The number of alkyl halides is 3. The topological polar surface area (TPSA) is 69.2 Å². The van der Waals surface area contributed by atoms with Crippen LogP contribution >= 0.6 is 0 Å². The van der Waals surface area contributed by atoms with E-state index in [1.807, 2.05) is 20.0 Å². The molecule has 2 N–H and O–H groups in total. The standard InChI is InChI=1S/C22H30F3N5O/c1-14(2)19-28-17(15-9-16(22(23,24)25)18(26)27-10-15)11-30(19)21(4)12-20(3,13-21)29-5-7-31-8-6-29/h9-11,14H,5-8,12-13H2,1-4H3,(H2,26,27). The first-order valence-electron chi connectivity index (χ1n) is 10.7. The molecule has 1 aliphatic heterocycles. The van der Waals surface area contributed by atoms with Crippen LogP contribution in [-0.2, 0) is 16.5 Å². The normalized spacial score (nSPS) is 27.5. The summed E-state index contributed by atoms with van der Waals surface area (Å²) in [5.41, 5.74) is 5.29. The lowest BCUT2D eigenvalue weighted by atomic mass is 9.63. The number of halogens is 3. The molecule has 1 aliphatic carbocycles. The Bertz CT molecular complexity index is 957. The predicted molar refractivity (Wildman–Crippen MR) is 113 cm³/mol. The van der Waals surface area contributed by atoms with Gasteiger partial charge in [-0.05, 0) is 32.8 Å². The van der Waals surface area contributed by atoms with Crippen LogP contribution in [0.1, 0.15) is 57.8 Å². The lowest BCUT2D eigenvalue weighted by Gasteiger charge is -2.59. The van der Waals surface area contributed by atoms with Gasteiger partial charge in [0.05, 0.1) is 24.5 Å². The fourth-order valence-corrected chi connectivity index (χ4v) is 5.30. The minimum absolute atomic E-state index is 0.0867. The summed E-state index contributed by atoms with van der Waals surface area (Å²) >= 11 is 0. The zero-order valence-corrected chi connectivity index (χ0v) is 18.5. The molecule has 0 aromatic carbocycles. The van der Waals surface area contributed by atoms with E-state index in [0.717, 1.165) is 51.0 Å². The maximum Gasteiger partial charge on any atom is 0.419 e. The Labute approximate surface area is 180 Å². The molecule has 31 heavy (non-hydrogen) atoms. The van der Waals surface area contributed by atoms with Crippen LogP contribution in [0.15, 0.2) is 18.5 Å². The monoisotopic (exact) mass is 437 g/mol. The number of ether oxygens (including phenoxy) is 1. The van der Waals surface area contributed by atoms with E-state index in [9.17, 15) is 13.2 Å². The number of hydrogen-bond acceptors (Lipinski definition) is 5. The zero-order chi connectivity index (χ0) is 22.6. The number of anilines is 1. The summed E-state index contributed by atoms with van der Waals surface area (Å²) in [7, 11) is 0. The van der Waals surface area contributed by atoms with Gasteiger partial charge in [-0.1, -0.05) is 13.8 Å². The third-order valence-electron chi connectivity index (χ3n) is 6.65. The average molecular weight is 438 g/mol. The Morgan fingerprint density at radius 1 is 1.13 bits per heavy atom. The molecule has 2 aromatic rings. The van der Waals surface area contributed by atoms with Crippen molar-refractivity contribution < 1.29 is 17.9 Å². The van der Waals surface area contributed by atoms with Crippen LogP contribution < -0.4 is 5.73 Å². The molecule has 0 spiro atoms. The summed E-state index contributed by atoms with van der Waals surface area (Å²) in [6, 6.07) is 1.04. The van der Waals surface area contributed by atoms with Crippen molar-refractivity contribution in [3.8, 4) is 11.3 Å². The van der Waals surface area contributed by atoms with E-state index in [1.54, 1.807) is 0 Å². The molecule has 0 radical (unpaired) electrons. The molecule has 4 rings (SSSR count). The Morgan fingerprint density at radius 3 is 2.35 bits per heavy atom. The number of imidazole rings is 1. The largest absolute Gasteiger partial charge is 0.419 e. The number of rotatable bonds is 4. The van der Waals surface area contributed by atoms with Crippen LogP contribution in [0.2, 0.25) is 0 Å². The van der Waals surface area contributed by atoms with Crippen molar-refractivity contribution in [3.63, 3.8) is 0 Å². The average Bonchev–Trinajstić information content (AvgIpc) is 3.13. The van der Waals surface area contributed by atoms with Gasteiger partial charge in [0.2, 0.25) is 0 Å². The highest BCUT2D eigenvalue weighted by molar-refractivity contribution is 5.62. The fraction of sp³-hybridized carbons (Fsp3) is 0.636. The fourth-order valence-electron chi connectivity index (χ4n) is 5.30. The second-order valence-corrected chi connectivity index (χ2v) is 9.61. The summed E-state index contributed by atoms with van der Waals surface area (Å²) in [5, 5.41) is 0. The van der Waals surface area contributed by atoms with Gasteiger partial charge in [-0.25, -0.2) is 9.97 Å². The van der Waals surface area contributed by atoms with Crippen LogP contribution in [-0.4, -0.2) is 51.3 Å². The molecule has 0 unspecified atom stereocenters. The lowest BCUT2D eigenvalue weighted by Crippen LogP contribution is -2.65. The molecular weight excluding hydrogens is 407 g/mol. The number of nitrogen functional groups attached to an aromatic ring is 1. The molecule has 2 fully saturated rings. The molecule has 3 heterocycles. The van der Waals surface area contributed by atoms with Gasteiger partial charge in [0.15, 0.2) is 0 Å². The third kappa shape index (κ3) is 3.93. The van der Waals surface area contributed by atoms with Gasteiger partial charge in [-0.3, -0.25) is 4.90 Å². The van der Waals surface area contributed by atoms with Crippen LogP contribution in [0.5, 0.6) is 0 Å². The Hall–Kier alpha value is -2.13. The maximum atomic E-state index is 13.3. The van der Waals surface area contributed by atoms with Crippen molar-refractivity contribution >= 4 is 5.82 Å². The number of pyridine rings is 1. The smallest absolute Gasteiger partial charge is 0.383 e. The molecule has 1 saturated heterocycles. The molecule has 1 saturated carbocycles. The molecule has 9 heteroatoms. The van der Waals surface area contributed by atoms with E-state index in [4.69, 9.17) is 15.5 Å². The second kappa shape index (κ2) is 7.48. The van der Waals surface area contributed by atoms with Gasteiger partial charge < -0.3 is 15.0 Å². The minimum atomic E-state index is -4.56. The zero-order valence-electron chi connectivity index (χ0n) is 18.5. The molecule has 0 atom stereocenters. The predicted octanol–water partition coefficient (Wildman–Crippen LogP) is 4.27. The molecule has 6 nitrogen and oxygen atoms in total. The Morgan fingerprint density at radius 2 is 1.77 bits per heavy atom. The van der Waals surface area contributed by atoms with Gasteiger partial charge in [0, 0.05) is 48.0 Å². The third-order valence-corrected chi connectivity index (χ3v) is 6.65. The van der Waals surface area contributed by atoms with Crippen molar-refractivity contribution in [1.29, 1.82) is 0 Å². The van der Waals surface area contributed by atoms with E-state index < -0.39 is 17.6 Å². The highest BCUT2D eigenvalue weighted by Gasteiger charge is 2.54. The molecule has 0 amide bonds. The number of nitrogens with zero attached hydrogens (tertiary/aromatic N) is 4. The second-order valence-electron chi connectivity index (χ2n) is 9.61. The number of hydrogen-bond donors (Lipinski definition) is 1. The molecule has 0 bridgehead atoms. The lowest BCUT2D eigenvalue weighted by molar-refractivity contribution is -0.137. The first-order valence-corrected chi connectivity index (χ1v) is 10.7. The molecular formula is C22H30F3N5O. The summed E-state index contributed by atoms with van der Waals surface area (Å²) in [5.74, 6) is 0.476. The van der Waals surface area contributed by atoms with Crippen molar-refractivity contribution in [1.82, 2.24) is 19.4 Å². The van der Waals surface area contributed by atoms with Crippen molar-refractivity contribution in [2.24, 2.45) is 0 Å². The van der Waals surface area contributed by atoms with Gasteiger partial charge >= 0.3 is 6.18 Å². The van der Waals surface area contributed by atoms with Crippen LogP contribution in [0.3, 0.4) is 0 Å². The Balaban J connectivity index is 1.66. The van der Waals surface area contributed by atoms with Gasteiger partial charge in [0.25, 0.3) is 0 Å². The SMILES string of the molecule is CC(C)c1nc(-c2cnc(N)c(C(F)(F)F)c2)cn1C1(C)CC(C)(N2CCOCC2)C1. The highest BCUT2D eigenvalue weighted by Crippen LogP contribution is 2.51. The number of nitrogens with two attached hydrogens (primary N) is 1. The van der Waals surface area contributed by atoms with Gasteiger partial charge in [0.1, 0.15) is 11.6 Å². The van der Waals surface area contributed by atoms with E-state index in [0.29, 0.717) is 11.3 Å². The van der Waals surface area contributed by atoms with Crippen molar-refractivity contribution in [2.45, 2.75) is 63.7 Å². The van der Waals surface area contributed by atoms with Crippen LogP contribution in [0.4, 0.5) is 19.0 Å². The molecule has 2 aromatic heterocycles. The number of morpholine rings is 1. The van der Waals surface area contributed by atoms with E-state index in [1.165, 1.54) is 6.20 Å². The van der Waals surface area contributed by atoms with Gasteiger partial charge in [-0.2, -0.15) is 13.2 Å². The quantitative estimate of drug-likeness (QED) is 0.774. The summed E-state index contributed by atoms with van der Waals surface area (Å²) < 4.78 is 47.6.